The summed E-state index contributed by atoms with van der Waals surface area (Å²) in [5, 5.41) is 12.9. The number of thioether (sulfide) groups is 1. The Morgan fingerprint density at radius 2 is 1.92 bits per heavy atom. The summed E-state index contributed by atoms with van der Waals surface area (Å²) in [6.07, 6.45) is 0.325. The predicted molar refractivity (Wildman–Crippen MR) is 95.0 cm³/mol. The number of halogens is 1. The summed E-state index contributed by atoms with van der Waals surface area (Å²) in [5.41, 5.74) is 1.37. The minimum atomic E-state index is -1.06. The zero-order valence-corrected chi connectivity index (χ0v) is 14.0. The summed E-state index contributed by atoms with van der Waals surface area (Å²) < 4.78 is 0. The number of para-hydroxylation sites is 1. The summed E-state index contributed by atoms with van der Waals surface area (Å²) in [6, 6.07) is 13.7. The molecule has 3 rings (SSSR count). The second-order valence-electron chi connectivity index (χ2n) is 5.15. The SMILES string of the molecule is O=C1CC(c2ccc(Cl)cc2)SC(=Nc2ccccc2C(=O)O)N1. The van der Waals surface area contributed by atoms with Crippen LogP contribution in [0.25, 0.3) is 0 Å². The van der Waals surface area contributed by atoms with E-state index in [0.29, 0.717) is 22.3 Å². The number of carboxylic acid groups (broad SMARTS) is 1. The van der Waals surface area contributed by atoms with Gasteiger partial charge < -0.3 is 10.4 Å². The van der Waals surface area contributed by atoms with Crippen molar-refractivity contribution < 1.29 is 14.7 Å². The molecule has 0 spiro atoms. The normalized spacial score (nSPS) is 19.1. The van der Waals surface area contributed by atoms with E-state index in [2.05, 4.69) is 10.3 Å². The average Bonchev–Trinajstić information content (AvgIpc) is 2.55. The molecule has 1 atom stereocenters. The Kier molecular flexibility index (Phi) is 4.87. The molecule has 1 amide bonds. The molecule has 0 radical (unpaired) electrons. The standard InChI is InChI=1S/C17H13ClN2O3S/c18-11-7-5-10(6-8-11)14-9-15(21)20-17(24-14)19-13-4-2-1-3-12(13)16(22)23/h1-8,14H,9H2,(H,22,23)(H,19,20,21). The lowest BCUT2D eigenvalue weighted by Gasteiger charge is -2.23. The van der Waals surface area contributed by atoms with Gasteiger partial charge in [-0.1, -0.05) is 47.6 Å². The fraction of sp³-hybridized carbons (Fsp3) is 0.118. The van der Waals surface area contributed by atoms with E-state index in [1.165, 1.54) is 17.8 Å². The van der Waals surface area contributed by atoms with Gasteiger partial charge in [0, 0.05) is 16.7 Å². The highest BCUT2D eigenvalue weighted by Crippen LogP contribution is 2.36. The summed E-state index contributed by atoms with van der Waals surface area (Å²) in [6.45, 7) is 0. The number of rotatable bonds is 3. The number of aromatic carboxylic acids is 1. The molecule has 7 heteroatoms. The zero-order valence-electron chi connectivity index (χ0n) is 12.4. The molecule has 24 heavy (non-hydrogen) atoms. The summed E-state index contributed by atoms with van der Waals surface area (Å²) in [4.78, 5) is 27.6. The number of benzene rings is 2. The van der Waals surface area contributed by atoms with Gasteiger partial charge in [0.2, 0.25) is 5.91 Å². The predicted octanol–water partition coefficient (Wildman–Crippen LogP) is 4.02. The fourth-order valence-electron chi connectivity index (χ4n) is 2.32. The Hall–Kier alpha value is -2.31. The van der Waals surface area contributed by atoms with E-state index in [0.717, 1.165) is 5.56 Å². The molecule has 0 bridgehead atoms. The van der Waals surface area contributed by atoms with Gasteiger partial charge in [0.05, 0.1) is 11.3 Å². The van der Waals surface area contributed by atoms with Gasteiger partial charge in [0.1, 0.15) is 0 Å². The minimum absolute atomic E-state index is 0.0910. The van der Waals surface area contributed by atoms with Crippen LogP contribution in [0.5, 0.6) is 0 Å². The first kappa shape index (κ1) is 16.5. The third kappa shape index (κ3) is 3.77. The highest BCUT2D eigenvalue weighted by molar-refractivity contribution is 8.14. The molecule has 1 heterocycles. The molecular weight excluding hydrogens is 348 g/mol. The number of nitrogens with one attached hydrogen (secondary N) is 1. The number of nitrogens with zero attached hydrogens (tertiary/aromatic N) is 1. The molecule has 2 aromatic carbocycles. The van der Waals surface area contributed by atoms with Crippen LogP contribution < -0.4 is 5.32 Å². The van der Waals surface area contributed by atoms with Crippen LogP contribution in [0.2, 0.25) is 5.02 Å². The van der Waals surface area contributed by atoms with E-state index >= 15 is 0 Å². The summed E-state index contributed by atoms with van der Waals surface area (Å²) in [7, 11) is 0. The molecule has 0 saturated carbocycles. The largest absolute Gasteiger partial charge is 0.478 e. The van der Waals surface area contributed by atoms with Crippen LogP contribution in [-0.2, 0) is 4.79 Å². The molecule has 1 saturated heterocycles. The first-order chi connectivity index (χ1) is 11.5. The van der Waals surface area contributed by atoms with E-state index in [9.17, 15) is 14.7 Å². The van der Waals surface area contributed by atoms with E-state index < -0.39 is 5.97 Å². The number of carbonyl (C=O) groups is 2. The van der Waals surface area contributed by atoms with E-state index in [1.807, 2.05) is 12.1 Å². The molecule has 1 aliphatic heterocycles. The Morgan fingerprint density at radius 3 is 2.62 bits per heavy atom. The summed E-state index contributed by atoms with van der Waals surface area (Å²) >= 11 is 7.29. The third-order valence-electron chi connectivity index (χ3n) is 3.47. The number of amidine groups is 1. The Labute approximate surface area is 147 Å². The maximum atomic E-state index is 12.0. The highest BCUT2D eigenvalue weighted by atomic mass is 35.5. The van der Waals surface area contributed by atoms with Gasteiger partial charge in [-0.25, -0.2) is 9.79 Å². The minimum Gasteiger partial charge on any atom is -0.478 e. The number of hydrogen-bond acceptors (Lipinski definition) is 4. The van der Waals surface area contributed by atoms with Crippen molar-refractivity contribution in [2.24, 2.45) is 4.99 Å². The molecule has 0 aromatic heterocycles. The van der Waals surface area contributed by atoms with Gasteiger partial charge >= 0.3 is 5.97 Å². The van der Waals surface area contributed by atoms with Crippen LogP contribution >= 0.6 is 23.4 Å². The summed E-state index contributed by atoms with van der Waals surface area (Å²) in [5.74, 6) is -1.21. The number of hydrogen-bond donors (Lipinski definition) is 2. The van der Waals surface area contributed by atoms with Crippen LogP contribution in [-0.4, -0.2) is 22.2 Å². The van der Waals surface area contributed by atoms with Gasteiger partial charge in [-0.15, -0.1) is 0 Å². The van der Waals surface area contributed by atoms with Crippen LogP contribution in [0.1, 0.15) is 27.6 Å². The first-order valence-corrected chi connectivity index (χ1v) is 8.41. The zero-order chi connectivity index (χ0) is 17.1. The third-order valence-corrected chi connectivity index (χ3v) is 4.86. The lowest BCUT2D eigenvalue weighted by Crippen LogP contribution is -2.34. The lowest BCUT2D eigenvalue weighted by atomic mass is 10.1. The smallest absolute Gasteiger partial charge is 0.337 e. The lowest BCUT2D eigenvalue weighted by molar-refractivity contribution is -0.119. The van der Waals surface area contributed by atoms with Crippen molar-refractivity contribution >= 4 is 46.1 Å². The highest BCUT2D eigenvalue weighted by Gasteiger charge is 2.26. The molecule has 2 aromatic rings. The van der Waals surface area contributed by atoms with Crippen LogP contribution in [0, 0.1) is 0 Å². The van der Waals surface area contributed by atoms with Crippen molar-refractivity contribution in [3.63, 3.8) is 0 Å². The second kappa shape index (κ2) is 7.07. The Bertz CT molecular complexity index is 821. The van der Waals surface area contributed by atoms with E-state index in [-0.39, 0.29) is 16.7 Å². The monoisotopic (exact) mass is 360 g/mol. The molecule has 2 N–H and O–H groups in total. The maximum absolute atomic E-state index is 12.0. The van der Waals surface area contributed by atoms with Crippen molar-refractivity contribution in [1.82, 2.24) is 5.32 Å². The number of carbonyl (C=O) groups excluding carboxylic acids is 1. The maximum Gasteiger partial charge on any atom is 0.337 e. The van der Waals surface area contributed by atoms with Crippen LogP contribution in [0.3, 0.4) is 0 Å². The van der Waals surface area contributed by atoms with Crippen molar-refractivity contribution in [3.8, 4) is 0 Å². The average molecular weight is 361 g/mol. The van der Waals surface area contributed by atoms with E-state index in [4.69, 9.17) is 11.6 Å². The van der Waals surface area contributed by atoms with Gasteiger partial charge in [0.25, 0.3) is 0 Å². The molecule has 0 aliphatic carbocycles. The molecule has 1 fully saturated rings. The Balaban J connectivity index is 1.90. The molecule has 1 aliphatic rings. The Morgan fingerprint density at radius 1 is 1.21 bits per heavy atom. The fourth-order valence-corrected chi connectivity index (χ4v) is 3.57. The van der Waals surface area contributed by atoms with Crippen LogP contribution in [0.15, 0.2) is 53.5 Å². The van der Waals surface area contributed by atoms with Crippen molar-refractivity contribution in [1.29, 1.82) is 0 Å². The van der Waals surface area contributed by atoms with Gasteiger partial charge in [-0.05, 0) is 29.8 Å². The number of amides is 1. The molecular formula is C17H13ClN2O3S. The van der Waals surface area contributed by atoms with Gasteiger partial charge in [0.15, 0.2) is 5.17 Å². The van der Waals surface area contributed by atoms with Gasteiger partial charge in [-0.2, -0.15) is 0 Å². The molecule has 122 valence electrons. The molecule has 1 unspecified atom stereocenters. The van der Waals surface area contributed by atoms with Crippen molar-refractivity contribution in [3.05, 3.63) is 64.7 Å². The van der Waals surface area contributed by atoms with E-state index in [1.54, 1.807) is 30.3 Å². The number of carboxylic acids is 1. The van der Waals surface area contributed by atoms with Crippen LogP contribution in [0.4, 0.5) is 5.69 Å². The quantitative estimate of drug-likeness (QED) is 0.866. The van der Waals surface area contributed by atoms with Gasteiger partial charge in [-0.3, -0.25) is 4.79 Å². The second-order valence-corrected chi connectivity index (χ2v) is 6.78. The van der Waals surface area contributed by atoms with Crippen molar-refractivity contribution in [2.45, 2.75) is 11.7 Å². The number of aliphatic imine (C=N–C) groups is 1. The topological polar surface area (TPSA) is 78.8 Å². The molecule has 5 nitrogen and oxygen atoms in total. The first-order valence-electron chi connectivity index (χ1n) is 7.16. The van der Waals surface area contributed by atoms with Crippen molar-refractivity contribution in [2.75, 3.05) is 0 Å².